The normalized spacial score (nSPS) is 15.1. The number of aromatic nitrogens is 1. The van der Waals surface area contributed by atoms with Gasteiger partial charge in [0.2, 0.25) is 0 Å². The van der Waals surface area contributed by atoms with Gasteiger partial charge in [0.25, 0.3) is 5.91 Å². The minimum Gasteiger partial charge on any atom is -0.455 e. The molecule has 2 aromatic rings. The van der Waals surface area contributed by atoms with Crippen molar-refractivity contribution < 1.29 is 14.3 Å². The van der Waals surface area contributed by atoms with Crippen LogP contribution in [0.5, 0.6) is 0 Å². The summed E-state index contributed by atoms with van der Waals surface area (Å²) < 4.78 is 7.02. The summed E-state index contributed by atoms with van der Waals surface area (Å²) in [4.78, 5) is 27.9. The van der Waals surface area contributed by atoms with Crippen LogP contribution < -0.4 is 5.32 Å². The van der Waals surface area contributed by atoms with Gasteiger partial charge >= 0.3 is 5.97 Å². The zero-order valence-corrected chi connectivity index (χ0v) is 14.2. The number of ether oxygens (including phenoxy) is 1. The van der Waals surface area contributed by atoms with Gasteiger partial charge < -0.3 is 4.74 Å². The second kappa shape index (κ2) is 6.75. The molecule has 3 rings (SSSR count). The van der Waals surface area contributed by atoms with E-state index in [2.05, 4.69) is 26.2 Å². The van der Waals surface area contributed by atoms with Crippen molar-refractivity contribution >= 4 is 54.5 Å². The number of esters is 1. The van der Waals surface area contributed by atoms with Gasteiger partial charge in [0.15, 0.2) is 11.7 Å². The van der Waals surface area contributed by atoms with E-state index in [1.807, 2.05) is 18.2 Å². The van der Waals surface area contributed by atoms with E-state index in [1.165, 1.54) is 11.3 Å². The first kappa shape index (κ1) is 15.4. The number of carbonyl (C=O) groups excluding carboxylic acids is 2. The minimum absolute atomic E-state index is 0.0346. The molecule has 116 valence electrons. The van der Waals surface area contributed by atoms with E-state index in [-0.39, 0.29) is 24.4 Å². The largest absolute Gasteiger partial charge is 0.455 e. The molecule has 1 fully saturated rings. The third kappa shape index (κ3) is 3.64. The lowest BCUT2D eigenvalue weighted by atomic mass is 10.1. The molecule has 1 aliphatic carbocycles. The first-order valence-electron chi connectivity index (χ1n) is 7.14. The van der Waals surface area contributed by atoms with Gasteiger partial charge in [-0.15, -0.1) is 0 Å². The van der Waals surface area contributed by atoms with E-state index in [9.17, 15) is 9.59 Å². The van der Waals surface area contributed by atoms with Gasteiger partial charge in [0.1, 0.15) is 0 Å². The van der Waals surface area contributed by atoms with Crippen LogP contribution in [0.3, 0.4) is 0 Å². The number of hydrogen-bond donors (Lipinski definition) is 1. The molecule has 1 aromatic carbocycles. The lowest BCUT2D eigenvalue weighted by Gasteiger charge is -2.08. The predicted octanol–water partition coefficient (Wildman–Crippen LogP) is 3.73. The zero-order chi connectivity index (χ0) is 15.5. The Kier molecular flexibility index (Phi) is 4.73. The van der Waals surface area contributed by atoms with Crippen molar-refractivity contribution in [2.24, 2.45) is 5.92 Å². The summed E-state index contributed by atoms with van der Waals surface area (Å²) in [5.41, 5.74) is 0.825. The third-order valence-corrected chi connectivity index (χ3v) is 5.06. The molecule has 0 aliphatic heterocycles. The zero-order valence-electron chi connectivity index (χ0n) is 11.8. The number of thiazole rings is 1. The topological polar surface area (TPSA) is 68.3 Å². The van der Waals surface area contributed by atoms with Crippen molar-refractivity contribution in [2.45, 2.75) is 25.7 Å². The Labute approximate surface area is 140 Å². The monoisotopic (exact) mass is 382 g/mol. The van der Waals surface area contributed by atoms with Gasteiger partial charge in [-0.25, -0.2) is 4.98 Å². The van der Waals surface area contributed by atoms with Crippen molar-refractivity contribution in [2.75, 3.05) is 11.9 Å². The SMILES string of the molecule is O=C(COC(=O)C1CCCC1)Nc1nc2ccc(Br)cc2s1. The molecule has 1 saturated carbocycles. The van der Waals surface area contributed by atoms with E-state index in [0.29, 0.717) is 5.13 Å². The maximum Gasteiger partial charge on any atom is 0.309 e. The molecule has 0 spiro atoms. The van der Waals surface area contributed by atoms with Gasteiger partial charge in [0, 0.05) is 4.47 Å². The lowest BCUT2D eigenvalue weighted by Crippen LogP contribution is -2.23. The molecular formula is C15H15BrN2O3S. The highest BCUT2D eigenvalue weighted by atomic mass is 79.9. The summed E-state index contributed by atoms with van der Waals surface area (Å²) in [6.45, 7) is -0.255. The number of anilines is 1. The van der Waals surface area contributed by atoms with Crippen LogP contribution in [0.1, 0.15) is 25.7 Å². The van der Waals surface area contributed by atoms with Crippen LogP contribution in [0.15, 0.2) is 22.7 Å². The van der Waals surface area contributed by atoms with E-state index >= 15 is 0 Å². The Morgan fingerprint density at radius 1 is 1.36 bits per heavy atom. The van der Waals surface area contributed by atoms with E-state index in [0.717, 1.165) is 40.4 Å². The van der Waals surface area contributed by atoms with E-state index in [1.54, 1.807) is 0 Å². The number of rotatable bonds is 4. The van der Waals surface area contributed by atoms with Crippen LogP contribution in [0.2, 0.25) is 0 Å². The summed E-state index contributed by atoms with van der Waals surface area (Å²) in [5, 5.41) is 3.18. The van der Waals surface area contributed by atoms with E-state index in [4.69, 9.17) is 4.74 Å². The van der Waals surface area contributed by atoms with Gasteiger partial charge in [-0.05, 0) is 31.0 Å². The third-order valence-electron chi connectivity index (χ3n) is 3.63. The minimum atomic E-state index is -0.357. The van der Waals surface area contributed by atoms with Crippen LogP contribution in [0.4, 0.5) is 5.13 Å². The standard InChI is InChI=1S/C15H15BrN2O3S/c16-10-5-6-11-12(7-10)22-15(17-11)18-13(19)8-21-14(20)9-3-1-2-4-9/h5-7,9H,1-4,8H2,(H,17,18,19). The smallest absolute Gasteiger partial charge is 0.309 e. The summed E-state index contributed by atoms with van der Waals surface area (Å²) in [6.07, 6.45) is 3.86. The summed E-state index contributed by atoms with van der Waals surface area (Å²) in [6, 6.07) is 5.73. The number of hydrogen-bond acceptors (Lipinski definition) is 5. The number of carbonyl (C=O) groups is 2. The summed E-state index contributed by atoms with van der Waals surface area (Å²) in [7, 11) is 0. The van der Waals surface area contributed by atoms with Crippen molar-refractivity contribution in [3.63, 3.8) is 0 Å². The molecular weight excluding hydrogens is 368 g/mol. The Hall–Kier alpha value is -1.47. The Morgan fingerprint density at radius 3 is 2.91 bits per heavy atom. The quantitative estimate of drug-likeness (QED) is 0.817. The van der Waals surface area contributed by atoms with Crippen molar-refractivity contribution in [3.05, 3.63) is 22.7 Å². The fraction of sp³-hybridized carbons (Fsp3) is 0.400. The molecule has 1 aliphatic rings. The highest BCUT2D eigenvalue weighted by Crippen LogP contribution is 2.28. The molecule has 0 bridgehead atoms. The molecule has 0 unspecified atom stereocenters. The number of nitrogens with one attached hydrogen (secondary N) is 1. The highest BCUT2D eigenvalue weighted by Gasteiger charge is 2.24. The van der Waals surface area contributed by atoms with Crippen LogP contribution in [-0.4, -0.2) is 23.5 Å². The second-order valence-electron chi connectivity index (χ2n) is 5.27. The average molecular weight is 383 g/mol. The Balaban J connectivity index is 1.55. The molecule has 0 saturated heterocycles. The molecule has 1 amide bonds. The van der Waals surface area contributed by atoms with Gasteiger partial charge in [-0.2, -0.15) is 0 Å². The second-order valence-corrected chi connectivity index (χ2v) is 7.21. The Bertz CT molecular complexity index is 710. The summed E-state index contributed by atoms with van der Waals surface area (Å²) in [5.74, 6) is -0.655. The first-order chi connectivity index (χ1) is 10.6. The van der Waals surface area contributed by atoms with Crippen LogP contribution in [0.25, 0.3) is 10.2 Å². The highest BCUT2D eigenvalue weighted by molar-refractivity contribution is 9.10. The summed E-state index contributed by atoms with van der Waals surface area (Å²) >= 11 is 4.79. The molecule has 22 heavy (non-hydrogen) atoms. The fourth-order valence-corrected chi connectivity index (χ4v) is 3.96. The van der Waals surface area contributed by atoms with Gasteiger partial charge in [0.05, 0.1) is 16.1 Å². The molecule has 0 radical (unpaired) electrons. The fourth-order valence-electron chi connectivity index (χ4n) is 2.52. The predicted molar refractivity (Wildman–Crippen MR) is 88.9 cm³/mol. The van der Waals surface area contributed by atoms with Crippen LogP contribution in [0, 0.1) is 5.92 Å². The Morgan fingerprint density at radius 2 is 2.14 bits per heavy atom. The van der Waals surface area contributed by atoms with Crippen molar-refractivity contribution in [3.8, 4) is 0 Å². The van der Waals surface area contributed by atoms with Crippen LogP contribution >= 0.6 is 27.3 Å². The van der Waals surface area contributed by atoms with Crippen LogP contribution in [-0.2, 0) is 14.3 Å². The van der Waals surface area contributed by atoms with Crippen molar-refractivity contribution in [1.29, 1.82) is 0 Å². The maximum atomic E-state index is 11.8. The van der Waals surface area contributed by atoms with Gasteiger partial charge in [-0.3, -0.25) is 14.9 Å². The first-order valence-corrected chi connectivity index (χ1v) is 8.75. The number of halogens is 1. The number of fused-ring (bicyclic) bond motifs is 1. The van der Waals surface area contributed by atoms with E-state index < -0.39 is 0 Å². The lowest BCUT2D eigenvalue weighted by molar-refractivity contribution is -0.151. The molecule has 5 nitrogen and oxygen atoms in total. The number of benzene rings is 1. The molecule has 1 aromatic heterocycles. The number of amides is 1. The molecule has 0 atom stereocenters. The average Bonchev–Trinajstić information content (AvgIpc) is 3.13. The maximum absolute atomic E-state index is 11.8. The number of nitrogens with zero attached hydrogens (tertiary/aromatic N) is 1. The van der Waals surface area contributed by atoms with Crippen molar-refractivity contribution in [1.82, 2.24) is 4.98 Å². The molecule has 7 heteroatoms. The molecule has 1 N–H and O–H groups in total. The van der Waals surface area contributed by atoms with Gasteiger partial charge in [-0.1, -0.05) is 40.1 Å². The molecule has 1 heterocycles.